The average Bonchev–Trinajstić information content (AvgIpc) is 2.75. The smallest absolute Gasteiger partial charge is 0.227 e. The Kier molecular flexibility index (Phi) is 7.85. The summed E-state index contributed by atoms with van der Waals surface area (Å²) < 4.78 is 0. The summed E-state index contributed by atoms with van der Waals surface area (Å²) >= 11 is 0. The second-order valence-corrected chi connectivity index (χ2v) is 7.30. The molecule has 5 nitrogen and oxygen atoms in total. The summed E-state index contributed by atoms with van der Waals surface area (Å²) in [5.74, 6) is 1.93. The van der Waals surface area contributed by atoms with Crippen molar-refractivity contribution in [1.82, 2.24) is 14.9 Å². The third-order valence-corrected chi connectivity index (χ3v) is 5.07. The Hall–Kier alpha value is -2.40. The summed E-state index contributed by atoms with van der Waals surface area (Å²) in [6.07, 6.45) is 8.64. The monoisotopic (exact) mass is 379 g/mol. The van der Waals surface area contributed by atoms with Gasteiger partial charge in [0, 0.05) is 52.0 Å². The molecule has 0 amide bonds. The van der Waals surface area contributed by atoms with E-state index in [1.54, 1.807) is 0 Å². The average molecular weight is 380 g/mol. The van der Waals surface area contributed by atoms with E-state index in [0.717, 1.165) is 70.4 Å². The maximum absolute atomic E-state index is 4.87. The van der Waals surface area contributed by atoms with Crippen LogP contribution >= 0.6 is 0 Å². The summed E-state index contributed by atoms with van der Waals surface area (Å²) in [6, 6.07) is 12.5. The lowest BCUT2D eigenvalue weighted by atomic mass is 10.2. The lowest BCUT2D eigenvalue weighted by Gasteiger charge is -2.34. The molecule has 1 aromatic carbocycles. The van der Waals surface area contributed by atoms with Crippen molar-refractivity contribution in [2.45, 2.75) is 26.7 Å². The molecule has 1 aliphatic rings. The normalized spacial score (nSPS) is 15.3. The molecular weight excluding hydrogens is 346 g/mol. The molecule has 0 radical (unpaired) electrons. The summed E-state index contributed by atoms with van der Waals surface area (Å²) in [5.41, 5.74) is 1.26. The standard InChI is InChI=1S/C23H33N5/c1-3-14-27(15-4-2)22-12-13-24-23(25-22)28-19-17-26(18-20-28)16-8-11-21-9-6-5-7-10-21/h5-13H,3-4,14-20H2,1-2H3/b11-8+. The number of benzene rings is 1. The van der Waals surface area contributed by atoms with E-state index in [4.69, 9.17) is 4.98 Å². The zero-order valence-electron chi connectivity index (χ0n) is 17.3. The Labute approximate surface area is 169 Å². The number of anilines is 2. The SMILES string of the molecule is CCCN(CCC)c1ccnc(N2CCN(C/C=C/c3ccccc3)CC2)n1. The fourth-order valence-electron chi connectivity index (χ4n) is 3.58. The molecular formula is C23H33N5. The van der Waals surface area contributed by atoms with Gasteiger partial charge in [-0.3, -0.25) is 4.90 Å². The largest absolute Gasteiger partial charge is 0.356 e. The molecule has 0 atom stereocenters. The highest BCUT2D eigenvalue weighted by atomic mass is 15.3. The maximum atomic E-state index is 4.87. The first-order valence-electron chi connectivity index (χ1n) is 10.6. The van der Waals surface area contributed by atoms with Crippen molar-refractivity contribution < 1.29 is 0 Å². The van der Waals surface area contributed by atoms with Crippen LogP contribution in [-0.4, -0.2) is 60.7 Å². The number of aromatic nitrogens is 2. The van der Waals surface area contributed by atoms with Crippen LogP contribution in [0, 0.1) is 0 Å². The fourth-order valence-corrected chi connectivity index (χ4v) is 3.58. The molecule has 0 bridgehead atoms. The first-order chi connectivity index (χ1) is 13.8. The molecule has 3 rings (SSSR count). The predicted octanol–water partition coefficient (Wildman–Crippen LogP) is 3.94. The van der Waals surface area contributed by atoms with E-state index >= 15 is 0 Å². The van der Waals surface area contributed by atoms with Crippen LogP contribution in [0.25, 0.3) is 6.08 Å². The van der Waals surface area contributed by atoms with Crippen LogP contribution in [-0.2, 0) is 0 Å². The molecule has 150 valence electrons. The van der Waals surface area contributed by atoms with Crippen LogP contribution in [0.15, 0.2) is 48.7 Å². The van der Waals surface area contributed by atoms with Crippen molar-refractivity contribution in [3.63, 3.8) is 0 Å². The molecule has 0 saturated carbocycles. The van der Waals surface area contributed by atoms with Gasteiger partial charge >= 0.3 is 0 Å². The van der Waals surface area contributed by atoms with Gasteiger partial charge in [0.15, 0.2) is 0 Å². The number of rotatable bonds is 9. The maximum Gasteiger partial charge on any atom is 0.227 e. The molecule has 28 heavy (non-hydrogen) atoms. The second-order valence-electron chi connectivity index (χ2n) is 7.30. The molecule has 0 aliphatic carbocycles. The lowest BCUT2D eigenvalue weighted by Crippen LogP contribution is -2.47. The van der Waals surface area contributed by atoms with Gasteiger partial charge in [0.25, 0.3) is 0 Å². The predicted molar refractivity (Wildman–Crippen MR) is 119 cm³/mol. The molecule has 0 spiro atoms. The lowest BCUT2D eigenvalue weighted by molar-refractivity contribution is 0.283. The van der Waals surface area contributed by atoms with Crippen LogP contribution in [0.4, 0.5) is 11.8 Å². The Morgan fingerprint density at radius 2 is 1.68 bits per heavy atom. The number of hydrogen-bond donors (Lipinski definition) is 0. The molecule has 5 heteroatoms. The van der Waals surface area contributed by atoms with Crippen LogP contribution in [0.2, 0.25) is 0 Å². The first-order valence-corrected chi connectivity index (χ1v) is 10.6. The van der Waals surface area contributed by atoms with E-state index in [1.807, 2.05) is 12.3 Å². The molecule has 0 unspecified atom stereocenters. The van der Waals surface area contributed by atoms with Crippen LogP contribution in [0.3, 0.4) is 0 Å². The Morgan fingerprint density at radius 3 is 2.36 bits per heavy atom. The van der Waals surface area contributed by atoms with Crippen molar-refractivity contribution in [3.8, 4) is 0 Å². The van der Waals surface area contributed by atoms with E-state index in [9.17, 15) is 0 Å². The summed E-state index contributed by atoms with van der Waals surface area (Å²) in [7, 11) is 0. The van der Waals surface area contributed by atoms with Crippen molar-refractivity contribution in [2.24, 2.45) is 0 Å². The Bertz CT molecular complexity index is 717. The van der Waals surface area contributed by atoms with Gasteiger partial charge in [0.2, 0.25) is 5.95 Å². The quantitative estimate of drug-likeness (QED) is 0.659. The van der Waals surface area contributed by atoms with E-state index < -0.39 is 0 Å². The second kappa shape index (κ2) is 10.8. The highest BCUT2D eigenvalue weighted by molar-refractivity contribution is 5.49. The van der Waals surface area contributed by atoms with Gasteiger partial charge in [-0.1, -0.05) is 56.3 Å². The van der Waals surface area contributed by atoms with Gasteiger partial charge in [-0.2, -0.15) is 4.98 Å². The zero-order valence-corrected chi connectivity index (χ0v) is 17.3. The summed E-state index contributed by atoms with van der Waals surface area (Å²) in [5, 5.41) is 0. The Balaban J connectivity index is 1.53. The van der Waals surface area contributed by atoms with Gasteiger partial charge in [0.05, 0.1) is 0 Å². The molecule has 1 aromatic heterocycles. The van der Waals surface area contributed by atoms with Gasteiger partial charge in [-0.15, -0.1) is 0 Å². The van der Waals surface area contributed by atoms with Crippen molar-refractivity contribution in [1.29, 1.82) is 0 Å². The molecule has 2 heterocycles. The van der Waals surface area contributed by atoms with Gasteiger partial charge < -0.3 is 9.80 Å². The minimum absolute atomic E-state index is 0.870. The van der Waals surface area contributed by atoms with Gasteiger partial charge in [0.1, 0.15) is 5.82 Å². The number of hydrogen-bond acceptors (Lipinski definition) is 5. The van der Waals surface area contributed by atoms with Crippen molar-refractivity contribution >= 4 is 17.8 Å². The minimum atomic E-state index is 0.870. The fraction of sp³-hybridized carbons (Fsp3) is 0.478. The molecule has 1 fully saturated rings. The highest BCUT2D eigenvalue weighted by Gasteiger charge is 2.19. The minimum Gasteiger partial charge on any atom is -0.356 e. The van der Waals surface area contributed by atoms with Crippen molar-refractivity contribution in [2.75, 3.05) is 55.6 Å². The first kappa shape index (κ1) is 20.3. The number of piperazine rings is 1. The molecule has 1 aliphatic heterocycles. The van der Waals surface area contributed by atoms with E-state index in [0.29, 0.717) is 0 Å². The van der Waals surface area contributed by atoms with E-state index in [2.05, 4.69) is 76.0 Å². The third-order valence-electron chi connectivity index (χ3n) is 5.07. The summed E-state index contributed by atoms with van der Waals surface area (Å²) in [4.78, 5) is 16.6. The van der Waals surface area contributed by atoms with Crippen LogP contribution in [0.5, 0.6) is 0 Å². The zero-order chi connectivity index (χ0) is 19.6. The van der Waals surface area contributed by atoms with E-state index in [1.165, 1.54) is 5.56 Å². The molecule has 2 aromatic rings. The number of nitrogens with zero attached hydrogens (tertiary/aromatic N) is 5. The third kappa shape index (κ3) is 5.80. The van der Waals surface area contributed by atoms with Gasteiger partial charge in [-0.05, 0) is 24.5 Å². The van der Waals surface area contributed by atoms with Gasteiger partial charge in [-0.25, -0.2) is 4.98 Å². The highest BCUT2D eigenvalue weighted by Crippen LogP contribution is 2.17. The molecule has 0 N–H and O–H groups in total. The summed E-state index contributed by atoms with van der Waals surface area (Å²) in [6.45, 7) is 11.6. The van der Waals surface area contributed by atoms with E-state index in [-0.39, 0.29) is 0 Å². The topological polar surface area (TPSA) is 35.5 Å². The van der Waals surface area contributed by atoms with Crippen molar-refractivity contribution in [3.05, 3.63) is 54.2 Å². The van der Waals surface area contributed by atoms with Crippen LogP contribution in [0.1, 0.15) is 32.3 Å². The Morgan fingerprint density at radius 1 is 0.964 bits per heavy atom. The molecule has 1 saturated heterocycles. The van der Waals surface area contributed by atoms with Crippen LogP contribution < -0.4 is 9.80 Å².